The maximum absolute atomic E-state index is 13.1. The SMILES string of the molecule is COCC(=O)N(C)[C@@H](c1ccc(Br)cc1)C(F)(F)F. The van der Waals surface area contributed by atoms with Crippen molar-refractivity contribution in [2.45, 2.75) is 12.2 Å². The van der Waals surface area contributed by atoms with Gasteiger partial charge < -0.3 is 9.64 Å². The average molecular weight is 340 g/mol. The number of methoxy groups -OCH3 is 1. The fourth-order valence-corrected chi connectivity index (χ4v) is 1.91. The Balaban J connectivity index is 3.09. The van der Waals surface area contributed by atoms with Gasteiger partial charge in [-0.25, -0.2) is 0 Å². The number of carbonyl (C=O) groups is 1. The molecule has 0 saturated carbocycles. The molecule has 1 aromatic carbocycles. The summed E-state index contributed by atoms with van der Waals surface area (Å²) in [6.07, 6.45) is -4.55. The molecule has 0 spiro atoms. The van der Waals surface area contributed by atoms with Crippen LogP contribution in [0.5, 0.6) is 0 Å². The number of hydrogen-bond acceptors (Lipinski definition) is 2. The standard InChI is InChI=1S/C12H13BrF3NO2/c1-17(10(18)7-19-2)11(12(14,15)16)8-3-5-9(13)6-4-8/h3-6,11H,7H2,1-2H3/t11-/m0/s1. The van der Waals surface area contributed by atoms with E-state index in [0.717, 1.165) is 7.05 Å². The average Bonchev–Trinajstić information content (AvgIpc) is 2.30. The van der Waals surface area contributed by atoms with Gasteiger partial charge in [-0.1, -0.05) is 28.1 Å². The molecular formula is C12H13BrF3NO2. The van der Waals surface area contributed by atoms with E-state index in [1.54, 1.807) is 0 Å². The molecule has 1 rings (SSSR count). The van der Waals surface area contributed by atoms with Gasteiger partial charge in [0.05, 0.1) is 0 Å². The summed E-state index contributed by atoms with van der Waals surface area (Å²) in [4.78, 5) is 12.2. The zero-order chi connectivity index (χ0) is 14.6. The van der Waals surface area contributed by atoms with Crippen LogP contribution in [0.25, 0.3) is 0 Å². The molecular weight excluding hydrogens is 327 g/mol. The predicted octanol–water partition coefficient (Wildman–Crippen LogP) is 3.16. The van der Waals surface area contributed by atoms with Gasteiger partial charge in [0.2, 0.25) is 5.91 Å². The highest BCUT2D eigenvalue weighted by Gasteiger charge is 2.45. The first kappa shape index (κ1) is 16.0. The predicted molar refractivity (Wildman–Crippen MR) is 67.6 cm³/mol. The van der Waals surface area contributed by atoms with E-state index in [-0.39, 0.29) is 12.2 Å². The Bertz CT molecular complexity index is 434. The minimum absolute atomic E-state index is 0.00246. The van der Waals surface area contributed by atoms with E-state index in [1.807, 2.05) is 0 Å². The number of carbonyl (C=O) groups excluding carboxylic acids is 1. The molecule has 0 fully saturated rings. The summed E-state index contributed by atoms with van der Waals surface area (Å²) < 4.78 is 44.6. The number of ether oxygens (including phenoxy) is 1. The van der Waals surface area contributed by atoms with Crippen LogP contribution in [-0.2, 0) is 9.53 Å². The second-order valence-corrected chi connectivity index (χ2v) is 4.85. The molecule has 0 aliphatic heterocycles. The van der Waals surface area contributed by atoms with E-state index in [2.05, 4.69) is 20.7 Å². The van der Waals surface area contributed by atoms with Gasteiger partial charge in [-0.05, 0) is 17.7 Å². The fraction of sp³-hybridized carbons (Fsp3) is 0.417. The molecule has 0 aliphatic rings. The first-order valence-electron chi connectivity index (χ1n) is 5.34. The summed E-state index contributed by atoms with van der Waals surface area (Å²) in [5.41, 5.74) is 0.00246. The monoisotopic (exact) mass is 339 g/mol. The van der Waals surface area contributed by atoms with Crippen LogP contribution in [0.15, 0.2) is 28.7 Å². The number of alkyl halides is 3. The number of likely N-dealkylation sites (N-methyl/N-ethyl adjacent to an activating group) is 1. The molecule has 0 radical (unpaired) electrons. The summed E-state index contributed by atoms with van der Waals surface area (Å²) in [7, 11) is 2.37. The molecule has 7 heteroatoms. The van der Waals surface area contributed by atoms with Crippen molar-refractivity contribution in [3.8, 4) is 0 Å². The van der Waals surface area contributed by atoms with Crippen molar-refractivity contribution in [1.29, 1.82) is 0 Å². The highest BCUT2D eigenvalue weighted by atomic mass is 79.9. The van der Waals surface area contributed by atoms with Crippen LogP contribution in [0.3, 0.4) is 0 Å². The van der Waals surface area contributed by atoms with E-state index in [4.69, 9.17) is 0 Å². The smallest absolute Gasteiger partial charge is 0.375 e. The highest BCUT2D eigenvalue weighted by molar-refractivity contribution is 9.10. The molecule has 0 aromatic heterocycles. The van der Waals surface area contributed by atoms with Crippen molar-refractivity contribution in [1.82, 2.24) is 4.90 Å². The Hall–Kier alpha value is -1.08. The van der Waals surface area contributed by atoms with Crippen LogP contribution in [0.1, 0.15) is 11.6 Å². The third-order valence-corrected chi connectivity index (χ3v) is 3.07. The van der Waals surface area contributed by atoms with E-state index in [9.17, 15) is 18.0 Å². The maximum atomic E-state index is 13.1. The van der Waals surface area contributed by atoms with Crippen molar-refractivity contribution in [3.63, 3.8) is 0 Å². The zero-order valence-electron chi connectivity index (χ0n) is 10.4. The summed E-state index contributed by atoms with van der Waals surface area (Å²) in [5, 5.41) is 0. The summed E-state index contributed by atoms with van der Waals surface area (Å²) in [6, 6.07) is 3.69. The third-order valence-electron chi connectivity index (χ3n) is 2.54. The quantitative estimate of drug-likeness (QED) is 0.843. The summed E-state index contributed by atoms with van der Waals surface area (Å²) >= 11 is 3.15. The molecule has 1 amide bonds. The first-order chi connectivity index (χ1) is 8.77. The van der Waals surface area contributed by atoms with E-state index in [0.29, 0.717) is 9.37 Å². The molecule has 1 atom stereocenters. The number of hydrogen-bond donors (Lipinski definition) is 0. The molecule has 0 saturated heterocycles. The Morgan fingerprint density at radius 3 is 2.32 bits per heavy atom. The lowest BCUT2D eigenvalue weighted by atomic mass is 10.1. The minimum atomic E-state index is -4.55. The van der Waals surface area contributed by atoms with Gasteiger partial charge in [0.15, 0.2) is 6.04 Å². The molecule has 0 N–H and O–H groups in total. The first-order valence-corrected chi connectivity index (χ1v) is 6.13. The Morgan fingerprint density at radius 2 is 1.89 bits per heavy atom. The van der Waals surface area contributed by atoms with Gasteiger partial charge in [0.25, 0.3) is 0 Å². The number of halogens is 4. The Morgan fingerprint density at radius 1 is 1.37 bits per heavy atom. The Kier molecular flexibility index (Phi) is 5.37. The number of nitrogens with zero attached hydrogens (tertiary/aromatic N) is 1. The lowest BCUT2D eigenvalue weighted by Gasteiger charge is -2.30. The van der Waals surface area contributed by atoms with Gasteiger partial charge in [-0.2, -0.15) is 13.2 Å². The van der Waals surface area contributed by atoms with Gasteiger partial charge in [0.1, 0.15) is 6.61 Å². The minimum Gasteiger partial charge on any atom is -0.375 e. The molecule has 106 valence electrons. The molecule has 0 aliphatic carbocycles. The molecule has 1 aromatic rings. The largest absolute Gasteiger partial charge is 0.413 e. The van der Waals surface area contributed by atoms with Gasteiger partial charge >= 0.3 is 6.18 Å². The second-order valence-electron chi connectivity index (χ2n) is 3.93. The van der Waals surface area contributed by atoms with Crippen LogP contribution in [0, 0.1) is 0 Å². The van der Waals surface area contributed by atoms with E-state index in [1.165, 1.54) is 31.4 Å². The van der Waals surface area contributed by atoms with E-state index >= 15 is 0 Å². The van der Waals surface area contributed by atoms with Crippen molar-refractivity contribution in [2.75, 3.05) is 20.8 Å². The molecule has 19 heavy (non-hydrogen) atoms. The van der Waals surface area contributed by atoms with Crippen LogP contribution in [-0.4, -0.2) is 37.7 Å². The molecule has 0 unspecified atom stereocenters. The second kappa shape index (κ2) is 6.38. The normalized spacial score (nSPS) is 13.2. The maximum Gasteiger partial charge on any atom is 0.413 e. The van der Waals surface area contributed by atoms with Gasteiger partial charge in [-0.3, -0.25) is 4.79 Å². The number of benzene rings is 1. The van der Waals surface area contributed by atoms with Crippen molar-refractivity contribution in [2.24, 2.45) is 0 Å². The van der Waals surface area contributed by atoms with E-state index < -0.39 is 18.1 Å². The summed E-state index contributed by atoms with van der Waals surface area (Å²) in [6.45, 7) is -0.389. The topological polar surface area (TPSA) is 29.5 Å². The molecule has 0 bridgehead atoms. The Labute approximate surface area is 117 Å². The van der Waals surface area contributed by atoms with Crippen LogP contribution in [0.4, 0.5) is 13.2 Å². The highest BCUT2D eigenvalue weighted by Crippen LogP contribution is 2.37. The van der Waals surface area contributed by atoms with Gasteiger partial charge in [-0.15, -0.1) is 0 Å². The zero-order valence-corrected chi connectivity index (χ0v) is 12.0. The van der Waals surface area contributed by atoms with Gasteiger partial charge in [0, 0.05) is 18.6 Å². The van der Waals surface area contributed by atoms with Crippen molar-refractivity contribution in [3.05, 3.63) is 34.3 Å². The van der Waals surface area contributed by atoms with Crippen molar-refractivity contribution < 1.29 is 22.7 Å². The number of amides is 1. The van der Waals surface area contributed by atoms with Crippen LogP contribution >= 0.6 is 15.9 Å². The third kappa shape index (κ3) is 4.21. The molecule has 3 nitrogen and oxygen atoms in total. The lowest BCUT2D eigenvalue weighted by Crippen LogP contribution is -2.41. The molecule has 0 heterocycles. The van der Waals surface area contributed by atoms with Crippen LogP contribution in [0.2, 0.25) is 0 Å². The van der Waals surface area contributed by atoms with Crippen molar-refractivity contribution >= 4 is 21.8 Å². The lowest BCUT2D eigenvalue weighted by molar-refractivity contribution is -0.190. The fourth-order valence-electron chi connectivity index (χ4n) is 1.65. The number of rotatable bonds is 4. The summed E-state index contributed by atoms with van der Waals surface area (Å²) in [5.74, 6) is -0.729. The van der Waals surface area contributed by atoms with Crippen LogP contribution < -0.4 is 0 Å².